The Morgan fingerprint density at radius 3 is 2.27 bits per heavy atom. The molecule has 0 heterocycles. The van der Waals surface area contributed by atoms with Gasteiger partial charge in [-0.25, -0.2) is 8.42 Å². The van der Waals surface area contributed by atoms with Crippen molar-refractivity contribution < 1.29 is 17.9 Å². The van der Waals surface area contributed by atoms with E-state index in [-0.39, 0.29) is 33.1 Å². The number of hydrogen-bond donors (Lipinski definition) is 2. The Morgan fingerprint density at radius 2 is 1.67 bits per heavy atom. The smallest absolute Gasteiger partial charge is 0.261 e. The average molecular weight is 487 g/mol. The van der Waals surface area contributed by atoms with Gasteiger partial charge in [-0.2, -0.15) is 0 Å². The maximum atomic E-state index is 13.1. The zero-order valence-corrected chi connectivity index (χ0v) is 20.3. The number of amides is 1. The summed E-state index contributed by atoms with van der Waals surface area (Å²) in [4.78, 5) is 13.3. The third-order valence-electron chi connectivity index (χ3n) is 5.05. The molecule has 3 rings (SSSR count). The molecule has 0 spiro atoms. The first-order chi connectivity index (χ1) is 15.7. The highest BCUT2D eigenvalue weighted by Gasteiger charge is 2.21. The molecule has 1 amide bonds. The monoisotopic (exact) mass is 486 g/mol. The molecule has 0 bridgehead atoms. The highest BCUT2D eigenvalue weighted by atomic mass is 35.5. The molecule has 0 aliphatic heterocycles. The van der Waals surface area contributed by atoms with E-state index < -0.39 is 10.0 Å². The number of halogens is 1. The standard InChI is InChI=1S/C25H27ClN2O4S/c1-17(2)15-24(18-9-12-20(32-3)13-10-18)27-25(29)22-16-19(11-14-23(22)26)28-33(30,31)21-7-5-4-6-8-21/h4-14,16-17,24,28H,15H2,1-3H3,(H,27,29)/t24-/m1/s1. The molecule has 3 aromatic rings. The van der Waals surface area contributed by atoms with Crippen LogP contribution in [-0.4, -0.2) is 21.4 Å². The van der Waals surface area contributed by atoms with Crippen molar-refractivity contribution in [3.63, 3.8) is 0 Å². The number of carbonyl (C=O) groups excluding carboxylic acids is 1. The largest absolute Gasteiger partial charge is 0.497 e. The number of carbonyl (C=O) groups is 1. The van der Waals surface area contributed by atoms with Crippen LogP contribution in [0.15, 0.2) is 77.7 Å². The normalized spacial score (nSPS) is 12.3. The van der Waals surface area contributed by atoms with Crippen LogP contribution in [0, 0.1) is 5.92 Å². The molecular formula is C25H27ClN2O4S. The fraction of sp³-hybridized carbons (Fsp3) is 0.240. The van der Waals surface area contributed by atoms with Gasteiger partial charge in [-0.3, -0.25) is 9.52 Å². The molecule has 1 atom stereocenters. The van der Waals surface area contributed by atoms with Crippen LogP contribution < -0.4 is 14.8 Å². The number of ether oxygens (including phenoxy) is 1. The predicted octanol–water partition coefficient (Wildman–Crippen LogP) is 5.67. The van der Waals surface area contributed by atoms with E-state index in [4.69, 9.17) is 16.3 Å². The zero-order valence-electron chi connectivity index (χ0n) is 18.7. The van der Waals surface area contributed by atoms with E-state index >= 15 is 0 Å². The molecule has 0 fully saturated rings. The van der Waals surface area contributed by atoms with E-state index in [9.17, 15) is 13.2 Å². The lowest BCUT2D eigenvalue weighted by Crippen LogP contribution is -2.30. The molecule has 0 aliphatic rings. The second kappa shape index (κ2) is 10.7. The van der Waals surface area contributed by atoms with Gasteiger partial charge in [0.05, 0.1) is 28.6 Å². The molecule has 0 saturated carbocycles. The van der Waals surface area contributed by atoms with Crippen molar-refractivity contribution in [3.8, 4) is 5.75 Å². The highest BCUT2D eigenvalue weighted by Crippen LogP contribution is 2.27. The van der Waals surface area contributed by atoms with Gasteiger partial charge in [0, 0.05) is 5.69 Å². The Labute approximate surface area is 200 Å². The van der Waals surface area contributed by atoms with Crippen LogP contribution in [0.3, 0.4) is 0 Å². The van der Waals surface area contributed by atoms with E-state index in [0.717, 1.165) is 17.7 Å². The first-order valence-corrected chi connectivity index (χ1v) is 12.4. The molecule has 6 nitrogen and oxygen atoms in total. The molecule has 3 aromatic carbocycles. The van der Waals surface area contributed by atoms with Gasteiger partial charge in [-0.1, -0.05) is 55.8 Å². The summed E-state index contributed by atoms with van der Waals surface area (Å²) in [6, 6.07) is 19.8. The lowest BCUT2D eigenvalue weighted by atomic mass is 9.96. The second-order valence-corrected chi connectivity index (χ2v) is 10.1. The predicted molar refractivity (Wildman–Crippen MR) is 131 cm³/mol. The third-order valence-corrected chi connectivity index (χ3v) is 6.77. The van der Waals surface area contributed by atoms with Crippen LogP contribution in [0.2, 0.25) is 5.02 Å². The van der Waals surface area contributed by atoms with Crippen LogP contribution in [-0.2, 0) is 10.0 Å². The summed E-state index contributed by atoms with van der Waals surface area (Å²) in [5.41, 5.74) is 1.38. The molecule has 2 N–H and O–H groups in total. The second-order valence-electron chi connectivity index (χ2n) is 8.04. The molecule has 0 aromatic heterocycles. The van der Waals surface area contributed by atoms with Gasteiger partial charge >= 0.3 is 0 Å². The maximum absolute atomic E-state index is 13.1. The number of sulfonamides is 1. The van der Waals surface area contributed by atoms with Gasteiger partial charge < -0.3 is 10.1 Å². The Bertz CT molecular complexity index is 1200. The minimum atomic E-state index is -3.79. The van der Waals surface area contributed by atoms with Crippen molar-refractivity contribution in [2.24, 2.45) is 5.92 Å². The summed E-state index contributed by atoms with van der Waals surface area (Å²) < 4.78 is 33.0. The van der Waals surface area contributed by atoms with Crippen LogP contribution >= 0.6 is 11.6 Å². The van der Waals surface area contributed by atoms with E-state index in [1.165, 1.54) is 30.3 Å². The van der Waals surface area contributed by atoms with Crippen molar-refractivity contribution in [2.45, 2.75) is 31.2 Å². The maximum Gasteiger partial charge on any atom is 0.261 e. The summed E-state index contributed by atoms with van der Waals surface area (Å²) in [7, 11) is -2.19. The number of anilines is 1. The van der Waals surface area contributed by atoms with Crippen molar-refractivity contribution >= 4 is 33.2 Å². The summed E-state index contributed by atoms with van der Waals surface area (Å²) in [5.74, 6) is 0.675. The molecule has 174 valence electrons. The molecule has 0 aliphatic carbocycles. The Hall–Kier alpha value is -3.03. The number of methoxy groups -OCH3 is 1. The number of benzene rings is 3. The van der Waals surface area contributed by atoms with Crippen molar-refractivity contribution in [1.82, 2.24) is 5.32 Å². The average Bonchev–Trinajstić information content (AvgIpc) is 2.80. The van der Waals surface area contributed by atoms with Crippen molar-refractivity contribution in [1.29, 1.82) is 0 Å². The lowest BCUT2D eigenvalue weighted by molar-refractivity contribution is 0.0932. The van der Waals surface area contributed by atoms with Gasteiger partial charge in [-0.15, -0.1) is 0 Å². The van der Waals surface area contributed by atoms with Crippen LogP contribution in [0.5, 0.6) is 5.75 Å². The molecule has 8 heteroatoms. The summed E-state index contributed by atoms with van der Waals surface area (Å²) in [6.45, 7) is 4.16. The van der Waals surface area contributed by atoms with Crippen LogP contribution in [0.4, 0.5) is 5.69 Å². The van der Waals surface area contributed by atoms with Crippen molar-refractivity contribution in [2.75, 3.05) is 11.8 Å². The van der Waals surface area contributed by atoms with Gasteiger partial charge in [0.2, 0.25) is 0 Å². The molecule has 0 unspecified atom stereocenters. The fourth-order valence-electron chi connectivity index (χ4n) is 3.40. The summed E-state index contributed by atoms with van der Waals surface area (Å²) in [5, 5.41) is 3.27. The Morgan fingerprint density at radius 1 is 1.00 bits per heavy atom. The van der Waals surface area contributed by atoms with Crippen LogP contribution in [0.25, 0.3) is 0 Å². The number of nitrogens with one attached hydrogen (secondary N) is 2. The van der Waals surface area contributed by atoms with Crippen molar-refractivity contribution in [3.05, 3.63) is 88.9 Å². The lowest BCUT2D eigenvalue weighted by Gasteiger charge is -2.22. The van der Waals surface area contributed by atoms with Gasteiger partial charge in [0.25, 0.3) is 15.9 Å². The fourth-order valence-corrected chi connectivity index (χ4v) is 4.67. The minimum absolute atomic E-state index is 0.127. The quantitative estimate of drug-likeness (QED) is 0.408. The van der Waals surface area contributed by atoms with Gasteiger partial charge in [-0.05, 0) is 60.4 Å². The van der Waals surface area contributed by atoms with E-state index in [0.29, 0.717) is 5.92 Å². The molecule has 33 heavy (non-hydrogen) atoms. The Balaban J connectivity index is 1.84. The Kier molecular flexibility index (Phi) is 8.00. The highest BCUT2D eigenvalue weighted by molar-refractivity contribution is 7.92. The van der Waals surface area contributed by atoms with Gasteiger partial charge in [0.15, 0.2) is 0 Å². The van der Waals surface area contributed by atoms with Crippen LogP contribution in [0.1, 0.15) is 42.2 Å². The van der Waals surface area contributed by atoms with Gasteiger partial charge in [0.1, 0.15) is 5.75 Å². The van der Waals surface area contributed by atoms with E-state index in [2.05, 4.69) is 23.9 Å². The molecule has 0 saturated heterocycles. The molecular weight excluding hydrogens is 460 g/mol. The van der Waals surface area contributed by atoms with E-state index in [1.54, 1.807) is 25.3 Å². The third kappa shape index (κ3) is 6.49. The zero-order chi connectivity index (χ0) is 24.0. The topological polar surface area (TPSA) is 84.5 Å². The number of rotatable bonds is 9. The first-order valence-electron chi connectivity index (χ1n) is 10.5. The SMILES string of the molecule is COc1ccc([C@@H](CC(C)C)NC(=O)c2cc(NS(=O)(=O)c3ccccc3)ccc2Cl)cc1. The van der Waals surface area contributed by atoms with E-state index in [1.807, 2.05) is 24.3 Å². The summed E-state index contributed by atoms with van der Waals surface area (Å²) in [6.07, 6.45) is 0.718. The minimum Gasteiger partial charge on any atom is -0.497 e. The first kappa shape index (κ1) is 24.6. The number of hydrogen-bond acceptors (Lipinski definition) is 4. The summed E-state index contributed by atoms with van der Waals surface area (Å²) >= 11 is 6.30. The molecule has 0 radical (unpaired) electrons.